The average molecular weight is 398 g/mol. The van der Waals surface area contributed by atoms with E-state index in [1.54, 1.807) is 19.1 Å². The number of fused-ring (bicyclic) bond motifs is 1. The van der Waals surface area contributed by atoms with Crippen molar-refractivity contribution in [2.45, 2.75) is 39.5 Å². The van der Waals surface area contributed by atoms with Crippen molar-refractivity contribution in [3.63, 3.8) is 0 Å². The van der Waals surface area contributed by atoms with Gasteiger partial charge in [0.1, 0.15) is 5.82 Å². The molecule has 1 fully saturated rings. The lowest BCUT2D eigenvalue weighted by molar-refractivity contribution is -0.00539. The molecule has 8 heteroatoms. The number of hydrogen-bond donors (Lipinski definition) is 1. The lowest BCUT2D eigenvalue weighted by Gasteiger charge is -2.37. The van der Waals surface area contributed by atoms with Gasteiger partial charge >= 0.3 is 0 Å². The first-order valence-electron chi connectivity index (χ1n) is 9.60. The summed E-state index contributed by atoms with van der Waals surface area (Å²) in [6, 6.07) is 6.74. The second-order valence-corrected chi connectivity index (χ2v) is 7.48. The molecule has 0 spiro atoms. The predicted octanol–water partition coefficient (Wildman–Crippen LogP) is 3.21. The maximum atomic E-state index is 14.7. The molecule has 1 amide bonds. The van der Waals surface area contributed by atoms with E-state index in [0.717, 1.165) is 0 Å². The minimum Gasteiger partial charge on any atom is -0.372 e. The van der Waals surface area contributed by atoms with E-state index in [-0.39, 0.29) is 30.5 Å². The molecule has 1 aromatic carbocycles. The summed E-state index contributed by atoms with van der Waals surface area (Å²) in [7, 11) is 0. The number of aromatic nitrogens is 2. The van der Waals surface area contributed by atoms with Crippen LogP contribution in [0.3, 0.4) is 0 Å². The van der Waals surface area contributed by atoms with Crippen LogP contribution in [0.25, 0.3) is 11.1 Å². The number of rotatable bonds is 4. The highest BCUT2D eigenvalue weighted by molar-refractivity contribution is 5.96. The first kappa shape index (κ1) is 19.3. The summed E-state index contributed by atoms with van der Waals surface area (Å²) >= 11 is 0. The number of amides is 1. The first-order chi connectivity index (χ1) is 13.9. The van der Waals surface area contributed by atoms with Crippen LogP contribution in [0.2, 0.25) is 0 Å². The Bertz CT molecular complexity index is 1040. The Kier molecular flexibility index (Phi) is 5.19. The fraction of sp³-hybridized carbons (Fsp3) is 0.381. The maximum Gasteiger partial charge on any atom is 0.257 e. The second-order valence-electron chi connectivity index (χ2n) is 7.48. The van der Waals surface area contributed by atoms with Gasteiger partial charge < -0.3 is 19.5 Å². The molecule has 0 radical (unpaired) electrons. The number of nitrogens with one attached hydrogen (secondary N) is 1. The Balaban J connectivity index is 1.43. The van der Waals surface area contributed by atoms with Crippen molar-refractivity contribution in [1.82, 2.24) is 15.5 Å². The standard InChI is InChI=1S/C21H23FN4O3/c1-12-10-26(11-13(2)28-12)19-5-4-15(6-18(19)22)8-23-20(27)16-7-17-14(3)25-29-21(17)24-9-16/h4-7,9,12-13H,8,10-11H2,1-3H3,(H,23,27)/t12-,13-/m1/s1. The maximum absolute atomic E-state index is 14.7. The van der Waals surface area contributed by atoms with Gasteiger partial charge in [0.2, 0.25) is 0 Å². The van der Waals surface area contributed by atoms with Gasteiger partial charge in [-0.3, -0.25) is 4.79 Å². The molecule has 3 aromatic rings. The summed E-state index contributed by atoms with van der Waals surface area (Å²) in [5.41, 5.74) is 2.70. The minimum absolute atomic E-state index is 0.0529. The number of pyridine rings is 1. The topological polar surface area (TPSA) is 80.5 Å². The van der Waals surface area contributed by atoms with Crippen LogP contribution in [0.1, 0.15) is 35.5 Å². The Hall–Kier alpha value is -3.00. The molecule has 3 heterocycles. The monoisotopic (exact) mass is 398 g/mol. The molecule has 1 saturated heterocycles. The van der Waals surface area contributed by atoms with E-state index in [2.05, 4.69) is 15.5 Å². The van der Waals surface area contributed by atoms with Crippen LogP contribution in [0.4, 0.5) is 10.1 Å². The molecule has 1 aliphatic heterocycles. The van der Waals surface area contributed by atoms with Crippen molar-refractivity contribution >= 4 is 22.7 Å². The average Bonchev–Trinajstić information content (AvgIpc) is 3.05. The molecule has 29 heavy (non-hydrogen) atoms. The van der Waals surface area contributed by atoms with Gasteiger partial charge in [0, 0.05) is 25.8 Å². The summed E-state index contributed by atoms with van der Waals surface area (Å²) < 4.78 is 25.5. The van der Waals surface area contributed by atoms with Crippen LogP contribution >= 0.6 is 0 Å². The molecular formula is C21H23FN4O3. The molecule has 0 unspecified atom stereocenters. The van der Waals surface area contributed by atoms with Crippen molar-refractivity contribution in [2.24, 2.45) is 0 Å². The predicted molar refractivity (Wildman–Crippen MR) is 106 cm³/mol. The van der Waals surface area contributed by atoms with Crippen molar-refractivity contribution in [3.8, 4) is 0 Å². The summed E-state index contributed by atoms with van der Waals surface area (Å²) in [5.74, 6) is -0.596. The zero-order valence-corrected chi connectivity index (χ0v) is 16.6. The van der Waals surface area contributed by atoms with Crippen LogP contribution < -0.4 is 10.2 Å². The molecule has 0 saturated carbocycles. The lowest BCUT2D eigenvalue weighted by atomic mass is 10.1. The Morgan fingerprint density at radius 1 is 1.28 bits per heavy atom. The summed E-state index contributed by atoms with van der Waals surface area (Å²) in [5, 5.41) is 7.33. The van der Waals surface area contributed by atoms with Crippen LogP contribution in [0, 0.1) is 12.7 Å². The third-order valence-electron chi connectivity index (χ3n) is 5.00. The molecule has 0 bridgehead atoms. The number of morpholine rings is 1. The summed E-state index contributed by atoms with van der Waals surface area (Å²) in [6.45, 7) is 7.27. The quantitative estimate of drug-likeness (QED) is 0.727. The van der Waals surface area contributed by atoms with Gasteiger partial charge in [0.25, 0.3) is 11.6 Å². The molecule has 2 aromatic heterocycles. The van der Waals surface area contributed by atoms with Crippen LogP contribution in [0.5, 0.6) is 0 Å². The number of ether oxygens (including phenoxy) is 1. The molecular weight excluding hydrogens is 375 g/mol. The molecule has 0 aliphatic carbocycles. The summed E-state index contributed by atoms with van der Waals surface area (Å²) in [6.07, 6.45) is 1.54. The number of nitrogens with zero attached hydrogens (tertiary/aromatic N) is 3. The van der Waals surface area contributed by atoms with Gasteiger partial charge in [0.15, 0.2) is 0 Å². The number of hydrogen-bond acceptors (Lipinski definition) is 6. The van der Waals surface area contributed by atoms with Crippen molar-refractivity contribution < 1.29 is 18.4 Å². The molecule has 1 aliphatic rings. The molecule has 7 nitrogen and oxygen atoms in total. The summed E-state index contributed by atoms with van der Waals surface area (Å²) in [4.78, 5) is 18.5. The fourth-order valence-electron chi connectivity index (χ4n) is 3.65. The fourth-order valence-corrected chi connectivity index (χ4v) is 3.65. The highest BCUT2D eigenvalue weighted by Crippen LogP contribution is 2.24. The van der Waals surface area contributed by atoms with Crippen molar-refractivity contribution in [1.29, 1.82) is 0 Å². The minimum atomic E-state index is -0.304. The van der Waals surface area contributed by atoms with Gasteiger partial charge in [-0.25, -0.2) is 9.37 Å². The first-order valence-corrected chi connectivity index (χ1v) is 9.60. The van der Waals surface area contributed by atoms with Gasteiger partial charge in [-0.1, -0.05) is 11.2 Å². The number of carbonyl (C=O) groups excluding carboxylic acids is 1. The Morgan fingerprint density at radius 3 is 2.76 bits per heavy atom. The molecule has 1 N–H and O–H groups in total. The number of anilines is 1. The molecule has 2 atom stereocenters. The SMILES string of the molecule is Cc1noc2ncc(C(=O)NCc3ccc(N4C[C@@H](C)O[C@H](C)C4)c(F)c3)cc12. The van der Waals surface area contributed by atoms with Gasteiger partial charge in [-0.2, -0.15) is 0 Å². The molecule has 152 valence electrons. The van der Waals surface area contributed by atoms with E-state index in [0.29, 0.717) is 46.7 Å². The zero-order valence-electron chi connectivity index (χ0n) is 16.6. The Labute approximate surface area is 167 Å². The van der Waals surface area contributed by atoms with E-state index in [4.69, 9.17) is 9.26 Å². The van der Waals surface area contributed by atoms with Crippen LogP contribution in [-0.2, 0) is 11.3 Å². The van der Waals surface area contributed by atoms with Gasteiger partial charge in [0.05, 0.1) is 34.5 Å². The van der Waals surface area contributed by atoms with Crippen LogP contribution in [-0.4, -0.2) is 41.3 Å². The number of aryl methyl sites for hydroxylation is 1. The van der Waals surface area contributed by atoms with Crippen molar-refractivity contribution in [2.75, 3.05) is 18.0 Å². The number of benzene rings is 1. The van der Waals surface area contributed by atoms with Gasteiger partial charge in [-0.15, -0.1) is 0 Å². The lowest BCUT2D eigenvalue weighted by Crippen LogP contribution is -2.45. The molecule has 4 rings (SSSR count). The van der Waals surface area contributed by atoms with E-state index >= 15 is 0 Å². The third-order valence-corrected chi connectivity index (χ3v) is 5.00. The highest BCUT2D eigenvalue weighted by atomic mass is 19.1. The third kappa shape index (κ3) is 4.07. The van der Waals surface area contributed by atoms with Gasteiger partial charge in [-0.05, 0) is 44.5 Å². The number of halogens is 1. The normalized spacial score (nSPS) is 19.5. The van der Waals surface area contributed by atoms with E-state index in [1.165, 1.54) is 12.3 Å². The van der Waals surface area contributed by atoms with Crippen LogP contribution in [0.15, 0.2) is 35.0 Å². The zero-order chi connectivity index (χ0) is 20.5. The van der Waals surface area contributed by atoms with E-state index in [1.807, 2.05) is 24.8 Å². The second kappa shape index (κ2) is 7.79. The van der Waals surface area contributed by atoms with Crippen molar-refractivity contribution in [3.05, 3.63) is 53.1 Å². The van der Waals surface area contributed by atoms with E-state index < -0.39 is 0 Å². The largest absolute Gasteiger partial charge is 0.372 e. The Morgan fingerprint density at radius 2 is 2.03 bits per heavy atom. The highest BCUT2D eigenvalue weighted by Gasteiger charge is 2.24. The smallest absolute Gasteiger partial charge is 0.257 e. The van der Waals surface area contributed by atoms with E-state index in [9.17, 15) is 9.18 Å². The number of carbonyl (C=O) groups is 1.